The molecule has 2 amide bonds. The second kappa shape index (κ2) is 7.70. The Morgan fingerprint density at radius 3 is 2.42 bits per heavy atom. The zero-order valence-corrected chi connectivity index (χ0v) is 15.3. The molecule has 1 aliphatic rings. The van der Waals surface area contributed by atoms with E-state index in [2.05, 4.69) is 0 Å². The summed E-state index contributed by atoms with van der Waals surface area (Å²) in [5.74, 6) is -0.398. The molecule has 26 heavy (non-hydrogen) atoms. The molecule has 3 rings (SSSR count). The lowest BCUT2D eigenvalue weighted by Crippen LogP contribution is -2.51. The van der Waals surface area contributed by atoms with Gasteiger partial charge in [-0.15, -0.1) is 0 Å². The van der Waals surface area contributed by atoms with Crippen molar-refractivity contribution in [2.24, 2.45) is 5.73 Å². The highest BCUT2D eigenvalue weighted by Crippen LogP contribution is 2.23. The molecule has 0 spiro atoms. The highest BCUT2D eigenvalue weighted by atomic mass is 16.2. The Morgan fingerprint density at radius 2 is 1.77 bits per heavy atom. The van der Waals surface area contributed by atoms with Crippen molar-refractivity contribution in [2.75, 3.05) is 13.6 Å². The number of likely N-dealkylation sites (N-methyl/N-ethyl adjacent to an activating group) is 1. The van der Waals surface area contributed by atoms with E-state index >= 15 is 0 Å². The number of nitrogens with two attached hydrogens (primary N) is 1. The maximum atomic E-state index is 12.7. The lowest BCUT2D eigenvalue weighted by Gasteiger charge is -2.35. The molecule has 2 aromatic carbocycles. The van der Waals surface area contributed by atoms with Gasteiger partial charge in [-0.3, -0.25) is 14.5 Å². The largest absolute Gasteiger partial charge is 0.368 e. The van der Waals surface area contributed by atoms with Gasteiger partial charge in [-0.2, -0.15) is 0 Å². The molecule has 0 aromatic heterocycles. The van der Waals surface area contributed by atoms with Crippen molar-refractivity contribution in [3.8, 4) is 0 Å². The first kappa shape index (κ1) is 18.1. The van der Waals surface area contributed by atoms with Crippen LogP contribution in [0.4, 0.5) is 0 Å². The van der Waals surface area contributed by atoms with E-state index in [0.717, 1.165) is 16.7 Å². The van der Waals surface area contributed by atoms with Gasteiger partial charge in [0.1, 0.15) is 0 Å². The normalized spacial score (nSPS) is 16.8. The Bertz CT molecular complexity index is 801. The summed E-state index contributed by atoms with van der Waals surface area (Å²) in [5.41, 5.74) is 10.2. The van der Waals surface area contributed by atoms with E-state index in [1.807, 2.05) is 60.4 Å². The summed E-state index contributed by atoms with van der Waals surface area (Å²) in [6, 6.07) is 15.7. The van der Waals surface area contributed by atoms with Gasteiger partial charge in [-0.25, -0.2) is 0 Å². The van der Waals surface area contributed by atoms with Gasteiger partial charge in [0.25, 0.3) is 0 Å². The van der Waals surface area contributed by atoms with Gasteiger partial charge in [-0.05, 0) is 30.0 Å². The molecule has 1 heterocycles. The molecule has 2 aromatic rings. The van der Waals surface area contributed by atoms with Gasteiger partial charge >= 0.3 is 0 Å². The van der Waals surface area contributed by atoms with Crippen molar-refractivity contribution in [3.05, 3.63) is 70.8 Å². The molecular weight excluding hydrogens is 326 g/mol. The van der Waals surface area contributed by atoms with Crippen LogP contribution in [0.15, 0.2) is 48.5 Å². The zero-order chi connectivity index (χ0) is 18.7. The maximum absolute atomic E-state index is 12.7. The molecule has 0 fully saturated rings. The number of rotatable bonds is 5. The fourth-order valence-electron chi connectivity index (χ4n) is 3.37. The quantitative estimate of drug-likeness (QED) is 0.894. The Hall–Kier alpha value is -2.66. The molecule has 1 atom stereocenters. The second-order valence-corrected chi connectivity index (χ2v) is 7.03. The van der Waals surface area contributed by atoms with Crippen LogP contribution in [0.5, 0.6) is 0 Å². The third kappa shape index (κ3) is 4.11. The maximum Gasteiger partial charge on any atom is 0.236 e. The first-order valence-corrected chi connectivity index (χ1v) is 8.83. The second-order valence-electron chi connectivity index (χ2n) is 7.03. The van der Waals surface area contributed by atoms with E-state index in [-0.39, 0.29) is 18.4 Å². The number of nitrogens with zero attached hydrogens (tertiary/aromatic N) is 2. The van der Waals surface area contributed by atoms with Crippen molar-refractivity contribution in [2.45, 2.75) is 32.5 Å². The van der Waals surface area contributed by atoms with Gasteiger partial charge < -0.3 is 10.6 Å². The van der Waals surface area contributed by atoms with Crippen LogP contribution in [0.3, 0.4) is 0 Å². The fraction of sp³-hybridized carbons (Fsp3) is 0.333. The molecule has 2 N–H and O–H groups in total. The number of carbonyl (C=O) groups is 2. The van der Waals surface area contributed by atoms with E-state index in [4.69, 9.17) is 5.73 Å². The Kier molecular flexibility index (Phi) is 5.38. The van der Waals surface area contributed by atoms with Crippen molar-refractivity contribution >= 4 is 11.8 Å². The molecule has 0 radical (unpaired) electrons. The van der Waals surface area contributed by atoms with Crippen LogP contribution in [0.25, 0.3) is 0 Å². The highest BCUT2D eigenvalue weighted by molar-refractivity contribution is 5.83. The Labute approximate surface area is 154 Å². The molecular formula is C21H25N3O2. The van der Waals surface area contributed by atoms with Crippen molar-refractivity contribution in [1.29, 1.82) is 0 Å². The lowest BCUT2D eigenvalue weighted by molar-refractivity contribution is -0.134. The van der Waals surface area contributed by atoms with Gasteiger partial charge in [0.2, 0.25) is 11.8 Å². The summed E-state index contributed by atoms with van der Waals surface area (Å²) >= 11 is 0. The monoisotopic (exact) mass is 351 g/mol. The molecule has 0 saturated carbocycles. The lowest BCUT2D eigenvalue weighted by atomic mass is 9.93. The molecule has 136 valence electrons. The number of aryl methyl sites for hydroxylation is 1. The minimum atomic E-state index is -0.443. The molecule has 5 nitrogen and oxygen atoms in total. The van der Waals surface area contributed by atoms with Gasteiger partial charge in [0.05, 0.1) is 12.6 Å². The zero-order valence-electron chi connectivity index (χ0n) is 15.3. The number of hydrogen-bond acceptors (Lipinski definition) is 3. The van der Waals surface area contributed by atoms with Gasteiger partial charge in [0, 0.05) is 20.1 Å². The minimum Gasteiger partial charge on any atom is -0.368 e. The minimum absolute atomic E-state index is 0.0174. The van der Waals surface area contributed by atoms with Crippen LogP contribution in [0.1, 0.15) is 22.3 Å². The van der Waals surface area contributed by atoms with Crippen LogP contribution in [0, 0.1) is 6.92 Å². The van der Waals surface area contributed by atoms with Crippen LogP contribution < -0.4 is 5.73 Å². The summed E-state index contributed by atoms with van der Waals surface area (Å²) < 4.78 is 0. The Morgan fingerprint density at radius 1 is 1.12 bits per heavy atom. The number of primary amides is 1. The van der Waals surface area contributed by atoms with E-state index < -0.39 is 6.04 Å². The first-order valence-electron chi connectivity index (χ1n) is 8.83. The van der Waals surface area contributed by atoms with Crippen LogP contribution >= 0.6 is 0 Å². The van der Waals surface area contributed by atoms with E-state index in [0.29, 0.717) is 19.5 Å². The summed E-state index contributed by atoms with van der Waals surface area (Å²) in [6.45, 7) is 3.33. The third-order valence-corrected chi connectivity index (χ3v) is 4.98. The standard InChI is InChI=1S/C21H25N3O2/c1-15-7-9-16(10-8-15)12-23(2)20(25)14-24-13-18-6-4-3-5-17(18)11-19(24)21(22)26/h3-10,19H,11-14H2,1-2H3,(H2,22,26)/t19-/m1/s1. The summed E-state index contributed by atoms with van der Waals surface area (Å²) in [6.07, 6.45) is 0.556. The third-order valence-electron chi connectivity index (χ3n) is 4.98. The molecule has 0 bridgehead atoms. The topological polar surface area (TPSA) is 66.6 Å². The van der Waals surface area contributed by atoms with E-state index in [1.165, 1.54) is 5.56 Å². The summed E-state index contributed by atoms with van der Waals surface area (Å²) in [5, 5.41) is 0. The van der Waals surface area contributed by atoms with E-state index in [9.17, 15) is 9.59 Å². The molecule has 0 saturated heterocycles. The molecule has 0 aliphatic carbocycles. The average molecular weight is 351 g/mol. The van der Waals surface area contributed by atoms with Gasteiger partial charge in [0.15, 0.2) is 0 Å². The fourth-order valence-corrected chi connectivity index (χ4v) is 3.37. The predicted molar refractivity (Wildman–Crippen MR) is 101 cm³/mol. The van der Waals surface area contributed by atoms with Crippen molar-refractivity contribution < 1.29 is 9.59 Å². The first-order chi connectivity index (χ1) is 12.4. The number of benzene rings is 2. The SMILES string of the molecule is Cc1ccc(CN(C)C(=O)CN2Cc3ccccc3C[C@@H]2C(N)=O)cc1. The summed E-state index contributed by atoms with van der Waals surface area (Å²) in [4.78, 5) is 28.2. The predicted octanol–water partition coefficient (Wildman–Crippen LogP) is 1.87. The van der Waals surface area contributed by atoms with E-state index in [1.54, 1.807) is 11.9 Å². The van der Waals surface area contributed by atoms with Crippen LogP contribution in [0.2, 0.25) is 0 Å². The molecule has 0 unspecified atom stereocenters. The Balaban J connectivity index is 1.68. The average Bonchev–Trinajstić information content (AvgIpc) is 2.62. The molecule has 1 aliphatic heterocycles. The summed E-state index contributed by atoms with van der Waals surface area (Å²) in [7, 11) is 1.79. The number of amides is 2. The molecule has 5 heteroatoms. The smallest absolute Gasteiger partial charge is 0.236 e. The number of carbonyl (C=O) groups excluding carboxylic acids is 2. The number of fused-ring (bicyclic) bond motifs is 1. The van der Waals surface area contributed by atoms with Crippen LogP contribution in [-0.4, -0.2) is 41.2 Å². The van der Waals surface area contributed by atoms with Crippen molar-refractivity contribution in [1.82, 2.24) is 9.80 Å². The highest BCUT2D eigenvalue weighted by Gasteiger charge is 2.31. The van der Waals surface area contributed by atoms with Crippen molar-refractivity contribution in [3.63, 3.8) is 0 Å². The van der Waals surface area contributed by atoms with Crippen LogP contribution in [-0.2, 0) is 29.1 Å². The van der Waals surface area contributed by atoms with Gasteiger partial charge in [-0.1, -0.05) is 54.1 Å². The number of hydrogen-bond donors (Lipinski definition) is 1.